The summed E-state index contributed by atoms with van der Waals surface area (Å²) in [6.45, 7) is 8.43. The molecule has 5 heteroatoms. The Hall–Kier alpha value is -0.670. The molecule has 0 amide bonds. The molecule has 128 valence electrons. The lowest BCUT2D eigenvalue weighted by Crippen LogP contribution is -1.91. The van der Waals surface area contributed by atoms with Crippen LogP contribution in [0.4, 0.5) is 0 Å². The van der Waals surface area contributed by atoms with Crippen molar-refractivity contribution in [2.45, 2.75) is 66.2 Å². The quantitative estimate of drug-likeness (QED) is 0.399. The fraction of sp³-hybridized carbons (Fsp3) is 0.647. The molecule has 0 aliphatic carbocycles. The lowest BCUT2D eigenvalue weighted by molar-refractivity contribution is 0.215. The van der Waals surface area contributed by atoms with Crippen molar-refractivity contribution in [2.24, 2.45) is 0 Å². The van der Waals surface area contributed by atoms with Gasteiger partial charge >= 0.3 is 7.82 Å². The molecular weight excluding hydrogens is 299 g/mol. The van der Waals surface area contributed by atoms with Crippen LogP contribution in [-0.4, -0.2) is 16.4 Å². The van der Waals surface area contributed by atoms with E-state index >= 15 is 0 Å². The van der Waals surface area contributed by atoms with Gasteiger partial charge < -0.3 is 9.79 Å². The highest BCUT2D eigenvalue weighted by molar-refractivity contribution is 7.46. The maximum absolute atomic E-state index is 10.6. The lowest BCUT2D eigenvalue weighted by atomic mass is 10.0. The predicted molar refractivity (Wildman–Crippen MR) is 92.6 cm³/mol. The molecule has 22 heavy (non-hydrogen) atoms. The van der Waals surface area contributed by atoms with Crippen LogP contribution in [0.3, 0.4) is 0 Å². The molecule has 0 aromatic carbocycles. The van der Waals surface area contributed by atoms with Gasteiger partial charge in [0.25, 0.3) is 0 Å². The largest absolute Gasteiger partial charge is 0.469 e. The number of phosphoric ester groups is 1. The zero-order valence-corrected chi connectivity index (χ0v) is 15.2. The van der Waals surface area contributed by atoms with Gasteiger partial charge in [-0.15, -0.1) is 0 Å². The van der Waals surface area contributed by atoms with E-state index in [9.17, 15) is 4.57 Å². The summed E-state index contributed by atoms with van der Waals surface area (Å²) < 4.78 is 15.1. The van der Waals surface area contributed by atoms with Gasteiger partial charge in [0.2, 0.25) is 0 Å². The molecule has 2 N–H and O–H groups in total. The Morgan fingerprint density at radius 1 is 0.955 bits per heavy atom. The van der Waals surface area contributed by atoms with Crippen LogP contribution in [-0.2, 0) is 9.09 Å². The highest BCUT2D eigenvalue weighted by Gasteiger charge is 2.11. The van der Waals surface area contributed by atoms with E-state index in [-0.39, 0.29) is 6.61 Å². The van der Waals surface area contributed by atoms with Crippen LogP contribution in [0.25, 0.3) is 0 Å². The zero-order valence-electron chi connectivity index (χ0n) is 14.3. The molecule has 0 bridgehead atoms. The number of phosphoric acid groups is 1. The first-order chi connectivity index (χ1) is 10.3. The molecule has 0 saturated heterocycles. The second kappa shape index (κ2) is 11.8. The van der Waals surface area contributed by atoms with E-state index < -0.39 is 7.82 Å². The normalized spacial score (nSPS) is 13.4. The highest BCUT2D eigenvalue weighted by atomic mass is 31.2. The van der Waals surface area contributed by atoms with Crippen LogP contribution < -0.4 is 0 Å². The van der Waals surface area contributed by atoms with Gasteiger partial charge in [0.05, 0.1) is 6.61 Å². The van der Waals surface area contributed by atoms with E-state index in [2.05, 4.69) is 37.4 Å². The average molecular weight is 330 g/mol. The van der Waals surface area contributed by atoms with Crippen LogP contribution in [0.15, 0.2) is 34.9 Å². The number of hydrogen-bond donors (Lipinski definition) is 2. The molecule has 0 rings (SSSR count). The third kappa shape index (κ3) is 13.0. The standard InChI is InChI=1S/C17H31O4P/c1-5-16(10-7-9-15(3)4)11-8-12-17(6-2)13-14-21-22(18,19)20/h9,11,13H,5-8,10,12,14H2,1-4H3,(H2,18,19,20)/b16-11+,17-13+. The maximum Gasteiger partial charge on any atom is 0.469 e. The third-order valence-corrected chi connectivity index (χ3v) is 3.92. The summed E-state index contributed by atoms with van der Waals surface area (Å²) in [5.74, 6) is 0. The average Bonchev–Trinajstić information content (AvgIpc) is 2.42. The Bertz CT molecular complexity index is 440. The number of allylic oxidation sites excluding steroid dienone is 5. The SMILES string of the molecule is CC/C(=C\CC/C(=C/COP(=O)(O)O)CC)CCC=C(C)C. The predicted octanol–water partition coefficient (Wildman–Crippen LogP) is 5.30. The molecular formula is C17H31O4P. The fourth-order valence-corrected chi connectivity index (χ4v) is 2.38. The Labute approximate surface area is 135 Å². The minimum Gasteiger partial charge on any atom is -0.303 e. The van der Waals surface area contributed by atoms with Crippen molar-refractivity contribution < 1.29 is 18.9 Å². The molecule has 0 fully saturated rings. The van der Waals surface area contributed by atoms with Crippen LogP contribution in [0.2, 0.25) is 0 Å². The van der Waals surface area contributed by atoms with E-state index in [4.69, 9.17) is 9.79 Å². The molecule has 4 nitrogen and oxygen atoms in total. The van der Waals surface area contributed by atoms with Crippen LogP contribution in [0.1, 0.15) is 66.2 Å². The Morgan fingerprint density at radius 3 is 1.91 bits per heavy atom. The van der Waals surface area contributed by atoms with Gasteiger partial charge in [0, 0.05) is 0 Å². The van der Waals surface area contributed by atoms with E-state index in [1.54, 1.807) is 6.08 Å². The zero-order chi connectivity index (χ0) is 17.0. The molecule has 0 heterocycles. The third-order valence-electron chi connectivity index (χ3n) is 3.44. The van der Waals surface area contributed by atoms with Gasteiger partial charge in [-0.3, -0.25) is 4.52 Å². The van der Waals surface area contributed by atoms with Crippen molar-refractivity contribution in [1.82, 2.24) is 0 Å². The molecule has 0 aromatic heterocycles. The van der Waals surface area contributed by atoms with Crippen LogP contribution in [0, 0.1) is 0 Å². The van der Waals surface area contributed by atoms with Gasteiger partial charge in [0.15, 0.2) is 0 Å². The van der Waals surface area contributed by atoms with Crippen LogP contribution in [0.5, 0.6) is 0 Å². The minimum atomic E-state index is -4.36. The van der Waals surface area contributed by atoms with Crippen LogP contribution >= 0.6 is 7.82 Å². The fourth-order valence-electron chi connectivity index (χ4n) is 2.11. The van der Waals surface area contributed by atoms with Crippen molar-refractivity contribution in [2.75, 3.05) is 6.61 Å². The first-order valence-electron chi connectivity index (χ1n) is 7.97. The molecule has 0 atom stereocenters. The van der Waals surface area contributed by atoms with E-state index in [0.29, 0.717) is 0 Å². The molecule has 0 aromatic rings. The number of hydrogen-bond acceptors (Lipinski definition) is 2. The van der Waals surface area contributed by atoms with Crippen molar-refractivity contribution in [3.8, 4) is 0 Å². The number of rotatable bonds is 11. The minimum absolute atomic E-state index is 0.0294. The van der Waals surface area contributed by atoms with Gasteiger partial charge in [-0.1, -0.05) is 48.8 Å². The molecule has 0 aliphatic heterocycles. The summed E-state index contributed by atoms with van der Waals surface area (Å²) in [6.07, 6.45) is 12.4. The van der Waals surface area contributed by atoms with E-state index in [1.165, 1.54) is 16.7 Å². The smallest absolute Gasteiger partial charge is 0.303 e. The molecule has 0 radical (unpaired) electrons. The summed E-state index contributed by atoms with van der Waals surface area (Å²) >= 11 is 0. The molecule has 0 aliphatic rings. The van der Waals surface area contributed by atoms with Gasteiger partial charge in [0.1, 0.15) is 0 Å². The van der Waals surface area contributed by atoms with Gasteiger partial charge in [-0.05, 0) is 52.4 Å². The molecule has 0 saturated carbocycles. The second-order valence-electron chi connectivity index (χ2n) is 5.58. The summed E-state index contributed by atoms with van der Waals surface area (Å²) in [5, 5.41) is 0. The van der Waals surface area contributed by atoms with E-state index in [0.717, 1.165) is 38.5 Å². The summed E-state index contributed by atoms with van der Waals surface area (Å²) in [5.41, 5.74) is 4.00. The molecule has 0 unspecified atom stereocenters. The summed E-state index contributed by atoms with van der Waals surface area (Å²) in [4.78, 5) is 17.3. The summed E-state index contributed by atoms with van der Waals surface area (Å²) in [7, 11) is -4.36. The topological polar surface area (TPSA) is 66.8 Å². The van der Waals surface area contributed by atoms with Crippen molar-refractivity contribution in [3.63, 3.8) is 0 Å². The van der Waals surface area contributed by atoms with Crippen molar-refractivity contribution >= 4 is 7.82 Å². The maximum atomic E-state index is 10.6. The van der Waals surface area contributed by atoms with Gasteiger partial charge in [-0.2, -0.15) is 0 Å². The first-order valence-corrected chi connectivity index (χ1v) is 9.50. The summed E-state index contributed by atoms with van der Waals surface area (Å²) in [6, 6.07) is 0. The monoisotopic (exact) mass is 330 g/mol. The van der Waals surface area contributed by atoms with E-state index in [1.807, 2.05) is 6.92 Å². The highest BCUT2D eigenvalue weighted by Crippen LogP contribution is 2.35. The van der Waals surface area contributed by atoms with Crippen molar-refractivity contribution in [1.29, 1.82) is 0 Å². The lowest BCUT2D eigenvalue weighted by Gasteiger charge is -2.07. The Balaban J connectivity index is 4.29. The Kier molecular flexibility index (Phi) is 11.5. The second-order valence-corrected chi connectivity index (χ2v) is 6.82. The molecule has 0 spiro atoms. The Morgan fingerprint density at radius 2 is 1.45 bits per heavy atom. The first kappa shape index (κ1) is 21.3. The van der Waals surface area contributed by atoms with Crippen molar-refractivity contribution in [3.05, 3.63) is 34.9 Å². The van der Waals surface area contributed by atoms with Gasteiger partial charge in [-0.25, -0.2) is 4.57 Å².